The minimum atomic E-state index is -3.84. The lowest BCUT2D eigenvalue weighted by atomic mass is 9.89. The van der Waals surface area contributed by atoms with E-state index in [9.17, 15) is 27.2 Å². The molecule has 0 bridgehead atoms. The van der Waals surface area contributed by atoms with Gasteiger partial charge in [-0.1, -0.05) is 19.1 Å². The predicted molar refractivity (Wildman–Crippen MR) is 101 cm³/mol. The molecule has 31 heavy (non-hydrogen) atoms. The van der Waals surface area contributed by atoms with Crippen LogP contribution in [0.15, 0.2) is 47.4 Å². The Kier molecular flexibility index (Phi) is 5.89. The zero-order chi connectivity index (χ0) is 22.9. The van der Waals surface area contributed by atoms with Crippen molar-refractivity contribution in [3.63, 3.8) is 0 Å². The molecule has 1 aromatic carbocycles. The zero-order valence-corrected chi connectivity index (χ0v) is 16.0. The summed E-state index contributed by atoms with van der Waals surface area (Å²) in [6.07, 6.45) is 1.15. The van der Waals surface area contributed by atoms with Gasteiger partial charge in [-0.2, -0.15) is 23.0 Å². The van der Waals surface area contributed by atoms with E-state index in [1.165, 1.54) is 25.1 Å². The lowest BCUT2D eigenvalue weighted by molar-refractivity contribution is -0.0583. The van der Waals surface area contributed by atoms with E-state index in [2.05, 4.69) is 10.1 Å². The Bertz CT molecular complexity index is 1210. The van der Waals surface area contributed by atoms with E-state index >= 15 is 0 Å². The molecule has 2 aromatic heterocycles. The second-order valence-corrected chi connectivity index (χ2v) is 6.67. The maximum absolute atomic E-state index is 14.9. The summed E-state index contributed by atoms with van der Waals surface area (Å²) < 4.78 is 57.2. The van der Waals surface area contributed by atoms with Gasteiger partial charge in [0.2, 0.25) is 5.95 Å². The van der Waals surface area contributed by atoms with Crippen molar-refractivity contribution in [2.45, 2.75) is 18.8 Å². The number of nitrogens with zero attached hydrogens (tertiary/aromatic N) is 3. The van der Waals surface area contributed by atoms with Crippen molar-refractivity contribution in [1.82, 2.24) is 14.8 Å². The molecule has 0 aliphatic heterocycles. The van der Waals surface area contributed by atoms with E-state index in [1.807, 2.05) is 0 Å². The topological polar surface area (TPSA) is 111 Å². The van der Waals surface area contributed by atoms with E-state index < -0.39 is 52.9 Å². The number of pyridine rings is 1. The monoisotopic (exact) mass is 436 g/mol. The Morgan fingerprint density at radius 3 is 2.55 bits per heavy atom. The van der Waals surface area contributed by atoms with Crippen LogP contribution in [-0.4, -0.2) is 32.4 Å². The fourth-order valence-electron chi connectivity index (χ4n) is 3.12. The summed E-state index contributed by atoms with van der Waals surface area (Å²) in [5.41, 5.74) is 2.19. The molecular formula is C20H16F4N4O3. The third-order valence-corrected chi connectivity index (χ3v) is 4.72. The number of amides is 1. The lowest BCUT2D eigenvalue weighted by Gasteiger charge is -2.20. The van der Waals surface area contributed by atoms with E-state index in [1.54, 1.807) is 0 Å². The van der Waals surface area contributed by atoms with E-state index in [-0.39, 0.29) is 16.8 Å². The standard InChI is InChI=1S/C20H16F4N4O3/c1-10(11-4-2-5-13(16(11)21)20(23,24)9-29)12-8-15(30)28(27-17(12)19(25)31)14-6-3-7-26-18(14)22/h2-8,10,29H,9H2,1H3,(H2,25,31)/t10-/m0/s1. The molecule has 0 aliphatic rings. The number of nitrogens with two attached hydrogens (primary N) is 1. The average Bonchev–Trinajstić information content (AvgIpc) is 2.73. The van der Waals surface area contributed by atoms with Gasteiger partial charge in [0.25, 0.3) is 17.4 Å². The molecule has 3 N–H and O–H groups in total. The summed E-state index contributed by atoms with van der Waals surface area (Å²) in [4.78, 5) is 28.0. The normalized spacial score (nSPS) is 12.6. The summed E-state index contributed by atoms with van der Waals surface area (Å²) >= 11 is 0. The van der Waals surface area contributed by atoms with Crippen LogP contribution < -0.4 is 11.3 Å². The number of hydrogen-bond acceptors (Lipinski definition) is 5. The highest BCUT2D eigenvalue weighted by atomic mass is 19.3. The number of hydrogen-bond donors (Lipinski definition) is 2. The van der Waals surface area contributed by atoms with Crippen molar-refractivity contribution in [3.8, 4) is 5.69 Å². The van der Waals surface area contributed by atoms with Crippen LogP contribution in [0.1, 0.15) is 40.0 Å². The van der Waals surface area contributed by atoms with Gasteiger partial charge in [-0.05, 0) is 29.3 Å². The predicted octanol–water partition coefficient (Wildman–Crippen LogP) is 2.24. The van der Waals surface area contributed by atoms with Gasteiger partial charge < -0.3 is 10.8 Å². The van der Waals surface area contributed by atoms with Gasteiger partial charge in [0, 0.05) is 18.2 Å². The first-order chi connectivity index (χ1) is 14.6. The smallest absolute Gasteiger partial charge is 0.298 e. The molecule has 162 valence electrons. The molecule has 1 atom stereocenters. The molecule has 0 aliphatic carbocycles. The molecular weight excluding hydrogens is 420 g/mol. The number of carbonyl (C=O) groups excluding carboxylic acids is 1. The third-order valence-electron chi connectivity index (χ3n) is 4.72. The first-order valence-electron chi connectivity index (χ1n) is 8.91. The number of aromatic nitrogens is 3. The van der Waals surface area contributed by atoms with Crippen LogP contribution in [0.2, 0.25) is 0 Å². The van der Waals surface area contributed by atoms with Crippen LogP contribution in [0.5, 0.6) is 0 Å². The average molecular weight is 436 g/mol. The number of aliphatic hydroxyl groups is 1. The third kappa shape index (κ3) is 4.04. The largest absolute Gasteiger partial charge is 0.390 e. The van der Waals surface area contributed by atoms with E-state index in [4.69, 9.17) is 10.8 Å². The minimum Gasteiger partial charge on any atom is -0.390 e. The highest BCUT2D eigenvalue weighted by Gasteiger charge is 2.35. The fourth-order valence-corrected chi connectivity index (χ4v) is 3.12. The van der Waals surface area contributed by atoms with Crippen LogP contribution in [-0.2, 0) is 5.92 Å². The second kappa shape index (κ2) is 8.26. The fraction of sp³-hybridized carbons (Fsp3) is 0.200. The molecule has 7 nitrogen and oxygen atoms in total. The maximum Gasteiger partial charge on any atom is 0.298 e. The molecule has 3 rings (SSSR count). The van der Waals surface area contributed by atoms with Crippen LogP contribution >= 0.6 is 0 Å². The molecule has 1 amide bonds. The molecule has 0 spiro atoms. The quantitative estimate of drug-likeness (QED) is 0.455. The van der Waals surface area contributed by atoms with Crippen molar-refractivity contribution in [2.24, 2.45) is 5.73 Å². The first-order valence-corrected chi connectivity index (χ1v) is 8.91. The van der Waals surface area contributed by atoms with Crippen molar-refractivity contribution in [1.29, 1.82) is 0 Å². The number of aliphatic hydroxyl groups excluding tert-OH is 1. The molecule has 0 fully saturated rings. The number of halogens is 4. The van der Waals surface area contributed by atoms with Crippen LogP contribution in [0.3, 0.4) is 0 Å². The van der Waals surface area contributed by atoms with Crippen LogP contribution in [0.25, 0.3) is 5.69 Å². The van der Waals surface area contributed by atoms with Gasteiger partial charge in [0.05, 0.1) is 5.56 Å². The molecule has 0 unspecified atom stereocenters. The highest BCUT2D eigenvalue weighted by molar-refractivity contribution is 5.92. The first kappa shape index (κ1) is 22.1. The van der Waals surface area contributed by atoms with Crippen LogP contribution in [0, 0.1) is 11.8 Å². The number of primary amides is 1. The molecule has 3 aromatic rings. The summed E-state index contributed by atoms with van der Waals surface area (Å²) in [6.45, 7) is -0.250. The van der Waals surface area contributed by atoms with E-state index in [0.29, 0.717) is 4.68 Å². The molecule has 2 heterocycles. The summed E-state index contributed by atoms with van der Waals surface area (Å²) in [5.74, 6) is -8.39. The Morgan fingerprint density at radius 2 is 1.94 bits per heavy atom. The number of carbonyl (C=O) groups is 1. The summed E-state index contributed by atoms with van der Waals surface area (Å²) in [5, 5.41) is 12.7. The van der Waals surface area contributed by atoms with Crippen molar-refractivity contribution < 1.29 is 27.5 Å². The lowest BCUT2D eigenvalue weighted by Crippen LogP contribution is -2.29. The number of alkyl halides is 2. The Hall–Kier alpha value is -3.60. The van der Waals surface area contributed by atoms with Crippen molar-refractivity contribution in [2.75, 3.05) is 6.61 Å². The van der Waals surface area contributed by atoms with Crippen LogP contribution in [0.4, 0.5) is 17.6 Å². The van der Waals surface area contributed by atoms with Gasteiger partial charge in [0.1, 0.15) is 18.1 Å². The zero-order valence-electron chi connectivity index (χ0n) is 16.0. The maximum atomic E-state index is 14.9. The van der Waals surface area contributed by atoms with Crippen molar-refractivity contribution in [3.05, 3.63) is 87.1 Å². The second-order valence-electron chi connectivity index (χ2n) is 6.67. The Morgan fingerprint density at radius 1 is 1.23 bits per heavy atom. The van der Waals surface area contributed by atoms with Crippen molar-refractivity contribution >= 4 is 5.91 Å². The van der Waals surface area contributed by atoms with Gasteiger partial charge in [-0.15, -0.1) is 0 Å². The molecule has 0 radical (unpaired) electrons. The van der Waals surface area contributed by atoms with Gasteiger partial charge in [-0.3, -0.25) is 9.59 Å². The highest BCUT2D eigenvalue weighted by Crippen LogP contribution is 2.35. The number of benzene rings is 1. The van der Waals surface area contributed by atoms with Gasteiger partial charge in [0.15, 0.2) is 5.69 Å². The molecule has 0 saturated carbocycles. The minimum absolute atomic E-state index is 0.138. The Labute approximate surface area is 172 Å². The summed E-state index contributed by atoms with van der Waals surface area (Å²) in [7, 11) is 0. The molecule has 0 saturated heterocycles. The van der Waals surface area contributed by atoms with Gasteiger partial charge in [-0.25, -0.2) is 9.37 Å². The van der Waals surface area contributed by atoms with Gasteiger partial charge >= 0.3 is 0 Å². The molecule has 11 heteroatoms. The summed E-state index contributed by atoms with van der Waals surface area (Å²) in [6, 6.07) is 6.60. The Balaban J connectivity index is 2.19. The SMILES string of the molecule is C[C@H](c1cc(=O)n(-c2cccnc2F)nc1C(N)=O)c1cccc(C(F)(F)CO)c1F. The number of rotatable bonds is 6. The van der Waals surface area contributed by atoms with E-state index in [0.717, 1.165) is 24.4 Å².